The minimum Gasteiger partial charge on any atom is -0.315 e. The highest BCUT2D eigenvalue weighted by atomic mass is 35.5. The van der Waals surface area contributed by atoms with Gasteiger partial charge in [0.1, 0.15) is 0 Å². The van der Waals surface area contributed by atoms with Gasteiger partial charge in [0, 0.05) is 17.6 Å². The van der Waals surface area contributed by atoms with Crippen molar-refractivity contribution in [3.05, 3.63) is 34.9 Å². The lowest BCUT2D eigenvalue weighted by molar-refractivity contribution is 0.161. The van der Waals surface area contributed by atoms with E-state index in [1.54, 1.807) is 0 Å². The Morgan fingerprint density at radius 2 is 1.89 bits per heavy atom. The van der Waals surface area contributed by atoms with Crippen LogP contribution in [0.15, 0.2) is 24.3 Å². The molecule has 2 saturated heterocycles. The van der Waals surface area contributed by atoms with E-state index in [0.29, 0.717) is 5.92 Å². The molecule has 0 bridgehead atoms. The van der Waals surface area contributed by atoms with Crippen molar-refractivity contribution in [3.63, 3.8) is 0 Å². The third-order valence-corrected chi connectivity index (χ3v) is 4.77. The van der Waals surface area contributed by atoms with Crippen LogP contribution in [0.2, 0.25) is 5.02 Å². The van der Waals surface area contributed by atoms with E-state index in [2.05, 4.69) is 22.3 Å². The molecule has 0 radical (unpaired) electrons. The molecule has 1 N–H and O–H groups in total. The van der Waals surface area contributed by atoms with Gasteiger partial charge in [0.15, 0.2) is 0 Å². The molecule has 0 aliphatic carbocycles. The first-order chi connectivity index (χ1) is 8.84. The Hall–Kier alpha value is -0.570. The fraction of sp³-hybridized carbons (Fsp3) is 0.600. The van der Waals surface area contributed by atoms with Crippen molar-refractivity contribution < 1.29 is 0 Å². The van der Waals surface area contributed by atoms with Gasteiger partial charge in [0.05, 0.1) is 0 Å². The molecule has 98 valence electrons. The molecule has 1 aromatic rings. The van der Waals surface area contributed by atoms with Gasteiger partial charge >= 0.3 is 0 Å². The van der Waals surface area contributed by atoms with Crippen molar-refractivity contribution >= 4 is 11.6 Å². The van der Waals surface area contributed by atoms with Crippen LogP contribution in [0.25, 0.3) is 0 Å². The van der Waals surface area contributed by atoms with Crippen LogP contribution in [0.5, 0.6) is 0 Å². The number of hydrogen-bond donors (Lipinski definition) is 1. The van der Waals surface area contributed by atoms with E-state index < -0.39 is 0 Å². The number of benzene rings is 1. The Morgan fingerprint density at radius 3 is 2.56 bits per heavy atom. The molecule has 2 fully saturated rings. The molecular weight excluding hydrogens is 244 g/mol. The first-order valence-electron chi connectivity index (χ1n) is 7.04. The lowest BCUT2D eigenvalue weighted by Gasteiger charge is -2.36. The molecule has 3 rings (SSSR count). The summed E-state index contributed by atoms with van der Waals surface area (Å²) >= 11 is 6.30. The Balaban J connectivity index is 1.61. The normalized spacial score (nSPS) is 26.6. The zero-order valence-electron chi connectivity index (χ0n) is 10.7. The van der Waals surface area contributed by atoms with Gasteiger partial charge in [-0.2, -0.15) is 0 Å². The second-order valence-electron chi connectivity index (χ2n) is 5.48. The molecule has 0 amide bonds. The summed E-state index contributed by atoms with van der Waals surface area (Å²) in [6.45, 7) is 4.82. The number of rotatable bonds is 2. The standard InChI is InChI=1S/C15H21ClN2/c16-15-4-2-1-3-14(15)12-6-9-18(10-7-12)13-5-8-17-11-13/h1-4,12-13,17H,5-11H2. The number of nitrogens with zero attached hydrogens (tertiary/aromatic N) is 1. The van der Waals surface area contributed by atoms with Crippen LogP contribution in [-0.2, 0) is 0 Å². The largest absolute Gasteiger partial charge is 0.315 e. The highest BCUT2D eigenvalue weighted by Crippen LogP contribution is 2.33. The summed E-state index contributed by atoms with van der Waals surface area (Å²) in [6, 6.07) is 9.11. The molecule has 0 aromatic heterocycles. The number of halogens is 1. The SMILES string of the molecule is Clc1ccccc1C1CCN(C2CCNC2)CC1. The van der Waals surface area contributed by atoms with Crippen molar-refractivity contribution in [2.75, 3.05) is 26.2 Å². The second-order valence-corrected chi connectivity index (χ2v) is 5.89. The topological polar surface area (TPSA) is 15.3 Å². The number of nitrogens with one attached hydrogen (secondary N) is 1. The predicted molar refractivity (Wildman–Crippen MR) is 76.3 cm³/mol. The summed E-state index contributed by atoms with van der Waals surface area (Å²) in [5.41, 5.74) is 1.35. The average molecular weight is 265 g/mol. The Labute approximate surface area is 114 Å². The zero-order valence-corrected chi connectivity index (χ0v) is 11.5. The minimum atomic E-state index is 0.657. The summed E-state index contributed by atoms with van der Waals surface area (Å²) in [6.07, 6.45) is 3.82. The monoisotopic (exact) mass is 264 g/mol. The quantitative estimate of drug-likeness (QED) is 0.884. The Morgan fingerprint density at radius 1 is 1.11 bits per heavy atom. The summed E-state index contributed by atoms with van der Waals surface area (Å²) < 4.78 is 0. The maximum atomic E-state index is 6.30. The molecule has 18 heavy (non-hydrogen) atoms. The van der Waals surface area contributed by atoms with Gasteiger partial charge in [-0.05, 0) is 56.4 Å². The van der Waals surface area contributed by atoms with E-state index in [-0.39, 0.29) is 0 Å². The predicted octanol–water partition coefficient (Wildman–Crippen LogP) is 2.88. The van der Waals surface area contributed by atoms with E-state index in [1.807, 2.05) is 12.1 Å². The van der Waals surface area contributed by atoms with Gasteiger partial charge in [-0.25, -0.2) is 0 Å². The van der Waals surface area contributed by atoms with E-state index in [1.165, 1.54) is 51.0 Å². The van der Waals surface area contributed by atoms with Crippen molar-refractivity contribution in [1.29, 1.82) is 0 Å². The molecule has 1 unspecified atom stereocenters. The first-order valence-corrected chi connectivity index (χ1v) is 7.41. The van der Waals surface area contributed by atoms with E-state index in [4.69, 9.17) is 11.6 Å². The Bertz CT molecular complexity index is 393. The van der Waals surface area contributed by atoms with Crippen LogP contribution < -0.4 is 5.32 Å². The third-order valence-electron chi connectivity index (χ3n) is 4.43. The molecule has 2 nitrogen and oxygen atoms in total. The summed E-state index contributed by atoms with van der Waals surface area (Å²) in [7, 11) is 0. The fourth-order valence-corrected chi connectivity index (χ4v) is 3.62. The number of piperidine rings is 1. The lowest BCUT2D eigenvalue weighted by atomic mass is 9.89. The average Bonchev–Trinajstić information content (AvgIpc) is 2.94. The molecule has 1 aromatic carbocycles. The van der Waals surface area contributed by atoms with Gasteiger partial charge in [0.2, 0.25) is 0 Å². The molecule has 1 atom stereocenters. The minimum absolute atomic E-state index is 0.657. The summed E-state index contributed by atoms with van der Waals surface area (Å²) in [5, 5.41) is 4.40. The number of likely N-dealkylation sites (tertiary alicyclic amines) is 1. The van der Waals surface area contributed by atoms with E-state index in [0.717, 1.165) is 11.1 Å². The molecule has 0 saturated carbocycles. The van der Waals surface area contributed by atoms with Crippen molar-refractivity contribution in [3.8, 4) is 0 Å². The van der Waals surface area contributed by atoms with Gasteiger partial charge in [-0.1, -0.05) is 29.8 Å². The smallest absolute Gasteiger partial charge is 0.0440 e. The van der Waals surface area contributed by atoms with Gasteiger partial charge in [-0.15, -0.1) is 0 Å². The Kier molecular flexibility index (Phi) is 3.88. The molecule has 2 heterocycles. The van der Waals surface area contributed by atoms with Crippen molar-refractivity contribution in [2.24, 2.45) is 0 Å². The summed E-state index contributed by atoms with van der Waals surface area (Å²) in [4.78, 5) is 2.66. The number of hydrogen-bond acceptors (Lipinski definition) is 2. The maximum absolute atomic E-state index is 6.30. The summed E-state index contributed by atoms with van der Waals surface area (Å²) in [5.74, 6) is 0.657. The van der Waals surface area contributed by atoms with Crippen molar-refractivity contribution in [1.82, 2.24) is 10.2 Å². The second kappa shape index (κ2) is 5.60. The molecular formula is C15H21ClN2. The molecule has 0 spiro atoms. The van der Waals surface area contributed by atoms with Crippen LogP contribution in [0.1, 0.15) is 30.7 Å². The first kappa shape index (κ1) is 12.5. The lowest BCUT2D eigenvalue weighted by Crippen LogP contribution is -2.42. The highest BCUT2D eigenvalue weighted by Gasteiger charge is 2.28. The van der Waals surface area contributed by atoms with Gasteiger partial charge in [-0.3, -0.25) is 4.90 Å². The van der Waals surface area contributed by atoms with E-state index >= 15 is 0 Å². The van der Waals surface area contributed by atoms with E-state index in [9.17, 15) is 0 Å². The van der Waals surface area contributed by atoms with Crippen LogP contribution in [0.3, 0.4) is 0 Å². The molecule has 2 aliphatic rings. The van der Waals surface area contributed by atoms with Crippen LogP contribution in [0, 0.1) is 0 Å². The van der Waals surface area contributed by atoms with Gasteiger partial charge in [0.25, 0.3) is 0 Å². The van der Waals surface area contributed by atoms with Crippen LogP contribution in [-0.4, -0.2) is 37.1 Å². The maximum Gasteiger partial charge on any atom is 0.0440 e. The highest BCUT2D eigenvalue weighted by molar-refractivity contribution is 6.31. The third kappa shape index (κ3) is 2.56. The van der Waals surface area contributed by atoms with Crippen molar-refractivity contribution in [2.45, 2.75) is 31.2 Å². The fourth-order valence-electron chi connectivity index (χ4n) is 3.33. The zero-order chi connectivity index (χ0) is 12.4. The molecule has 3 heteroatoms. The van der Waals surface area contributed by atoms with Gasteiger partial charge < -0.3 is 5.32 Å². The molecule has 2 aliphatic heterocycles. The van der Waals surface area contributed by atoms with Crippen LogP contribution in [0.4, 0.5) is 0 Å². The van der Waals surface area contributed by atoms with Crippen LogP contribution >= 0.6 is 11.6 Å².